The first kappa shape index (κ1) is 39.0. The van der Waals surface area contributed by atoms with Gasteiger partial charge < -0.3 is 14.2 Å². The highest BCUT2D eigenvalue weighted by atomic mass is 19.4. The lowest BCUT2D eigenvalue weighted by Crippen LogP contribution is -2.70. The van der Waals surface area contributed by atoms with Crippen molar-refractivity contribution in [2.45, 2.75) is 102 Å². The summed E-state index contributed by atoms with van der Waals surface area (Å²) in [4.78, 5) is 22.4. The highest BCUT2D eigenvalue weighted by molar-refractivity contribution is 5.72. The van der Waals surface area contributed by atoms with Crippen LogP contribution in [-0.4, -0.2) is 73.7 Å². The fourth-order valence-electron chi connectivity index (χ4n) is 2.81. The molecule has 0 bridgehead atoms. The fraction of sp³-hybridized carbons (Fsp3) is 0.913. The van der Waals surface area contributed by atoms with Crippen LogP contribution in [0, 0.1) is 11.8 Å². The molecule has 5 nitrogen and oxygen atoms in total. The van der Waals surface area contributed by atoms with E-state index in [0.29, 0.717) is 6.61 Å². The van der Waals surface area contributed by atoms with Gasteiger partial charge >= 0.3 is 47.7 Å². The van der Waals surface area contributed by atoms with Gasteiger partial charge in [0.1, 0.15) is 6.61 Å². The summed E-state index contributed by atoms with van der Waals surface area (Å²) < 4.78 is 181. The quantitative estimate of drug-likeness (QED) is 0.156. The minimum atomic E-state index is -7.93. The highest BCUT2D eigenvalue weighted by Crippen LogP contribution is 2.60. The first-order valence-corrected chi connectivity index (χ1v) is 12.3. The summed E-state index contributed by atoms with van der Waals surface area (Å²) in [6.45, 7) is 6.01. The lowest BCUT2D eigenvalue weighted by molar-refractivity contribution is -0.440. The van der Waals surface area contributed by atoms with Crippen LogP contribution in [0.15, 0.2) is 0 Å². The average molecular weight is 634 g/mol. The highest BCUT2D eigenvalue weighted by Gasteiger charge is 2.90. The first-order chi connectivity index (χ1) is 18.4. The zero-order valence-corrected chi connectivity index (χ0v) is 22.3. The van der Waals surface area contributed by atoms with Crippen molar-refractivity contribution in [3.63, 3.8) is 0 Å². The first-order valence-electron chi connectivity index (χ1n) is 12.3. The van der Waals surface area contributed by atoms with Gasteiger partial charge in [-0.2, -0.15) is 57.1 Å². The van der Waals surface area contributed by atoms with Crippen molar-refractivity contribution < 1.29 is 80.9 Å². The van der Waals surface area contributed by atoms with Crippen LogP contribution in [0.1, 0.15) is 59.8 Å². The van der Waals surface area contributed by atoms with E-state index in [1.807, 2.05) is 13.8 Å². The molecular formula is C23H31F13O5. The summed E-state index contributed by atoms with van der Waals surface area (Å²) in [7, 11) is 0. The Hall–Kier alpha value is -2.01. The van der Waals surface area contributed by atoms with E-state index in [9.17, 15) is 66.7 Å². The standard InChI is InChI=1S/C13H13F13O2.C10H18O3/c1-3-6(2)7(27)28-5-4-8(14,15)9(16,17)10(18,19)11(20,21)12(22,23)13(24,25)26;1-3-8(2)10(11)13-7-9-5-4-6-12-9/h6H,3-5H2,1-2H3;8-9H,3-7H2,1-2H3. The summed E-state index contributed by atoms with van der Waals surface area (Å²) in [5.41, 5.74) is 0. The van der Waals surface area contributed by atoms with Crippen LogP contribution in [0.25, 0.3) is 0 Å². The molecule has 41 heavy (non-hydrogen) atoms. The zero-order valence-electron chi connectivity index (χ0n) is 22.3. The monoisotopic (exact) mass is 634 g/mol. The van der Waals surface area contributed by atoms with Crippen LogP contribution in [0.2, 0.25) is 0 Å². The number of alkyl halides is 13. The summed E-state index contributed by atoms with van der Waals surface area (Å²) in [5.74, 6) is -39.4. The molecule has 1 aliphatic heterocycles. The Bertz CT molecular complexity index is 840. The van der Waals surface area contributed by atoms with E-state index in [-0.39, 0.29) is 24.4 Å². The molecule has 0 amide bonds. The van der Waals surface area contributed by atoms with Crippen molar-refractivity contribution in [1.82, 2.24) is 0 Å². The van der Waals surface area contributed by atoms with Crippen molar-refractivity contribution in [1.29, 1.82) is 0 Å². The van der Waals surface area contributed by atoms with Crippen molar-refractivity contribution in [2.24, 2.45) is 11.8 Å². The third-order valence-electron chi connectivity index (χ3n) is 6.12. The molecule has 3 unspecified atom stereocenters. The second-order valence-electron chi connectivity index (χ2n) is 9.30. The van der Waals surface area contributed by atoms with E-state index in [0.717, 1.165) is 25.9 Å². The van der Waals surface area contributed by atoms with Crippen molar-refractivity contribution in [3.8, 4) is 0 Å². The molecule has 0 aromatic carbocycles. The van der Waals surface area contributed by atoms with E-state index in [2.05, 4.69) is 4.74 Å². The Kier molecular flexibility index (Phi) is 13.7. The van der Waals surface area contributed by atoms with Gasteiger partial charge in [-0.25, -0.2) is 0 Å². The number of esters is 2. The Morgan fingerprint density at radius 1 is 0.732 bits per heavy atom. The molecule has 244 valence electrons. The SMILES string of the molecule is CCC(C)C(=O)OCC1CCCO1.CCC(C)C(=O)OCCC(F)(F)C(F)(F)C(F)(F)C(F)(F)C(F)(F)C(F)(F)F. The van der Waals surface area contributed by atoms with Gasteiger partial charge in [0, 0.05) is 6.61 Å². The lowest BCUT2D eigenvalue weighted by Gasteiger charge is -2.39. The fourth-order valence-corrected chi connectivity index (χ4v) is 2.81. The molecule has 1 fully saturated rings. The van der Waals surface area contributed by atoms with E-state index in [4.69, 9.17) is 9.47 Å². The van der Waals surface area contributed by atoms with Crippen LogP contribution in [0.4, 0.5) is 57.1 Å². The molecule has 1 heterocycles. The number of halogens is 13. The van der Waals surface area contributed by atoms with Crippen LogP contribution in [0.5, 0.6) is 0 Å². The molecule has 0 aromatic rings. The van der Waals surface area contributed by atoms with E-state index < -0.39 is 60.7 Å². The predicted molar refractivity (Wildman–Crippen MR) is 115 cm³/mol. The van der Waals surface area contributed by atoms with Gasteiger partial charge in [0.25, 0.3) is 0 Å². The van der Waals surface area contributed by atoms with Gasteiger partial charge in [-0.05, 0) is 25.7 Å². The minimum Gasteiger partial charge on any atom is -0.465 e. The molecule has 0 N–H and O–H groups in total. The largest absolute Gasteiger partial charge is 0.465 e. The molecule has 0 radical (unpaired) electrons. The Balaban J connectivity index is 0.00000102. The molecule has 18 heteroatoms. The zero-order chi connectivity index (χ0) is 32.7. The summed E-state index contributed by atoms with van der Waals surface area (Å²) in [5, 5.41) is 0. The van der Waals surface area contributed by atoms with Crippen LogP contribution in [0.3, 0.4) is 0 Å². The van der Waals surface area contributed by atoms with Crippen molar-refractivity contribution in [2.75, 3.05) is 19.8 Å². The summed E-state index contributed by atoms with van der Waals surface area (Å²) in [6.07, 6.45) is -6.82. The molecule has 0 aliphatic carbocycles. The molecule has 1 aliphatic rings. The van der Waals surface area contributed by atoms with Gasteiger partial charge in [0.05, 0.1) is 31.0 Å². The molecule has 0 spiro atoms. The lowest BCUT2D eigenvalue weighted by atomic mass is 9.93. The van der Waals surface area contributed by atoms with Crippen LogP contribution in [-0.2, 0) is 23.8 Å². The van der Waals surface area contributed by atoms with E-state index in [1.165, 1.54) is 13.8 Å². The second-order valence-corrected chi connectivity index (χ2v) is 9.30. The number of rotatable bonds is 13. The maximum absolute atomic E-state index is 13.4. The smallest absolute Gasteiger partial charge is 0.460 e. The summed E-state index contributed by atoms with van der Waals surface area (Å²) in [6, 6.07) is 0. The number of hydrogen-bond donors (Lipinski definition) is 0. The molecule has 1 rings (SSSR count). The molecule has 3 atom stereocenters. The van der Waals surface area contributed by atoms with Gasteiger partial charge in [-0.1, -0.05) is 27.7 Å². The van der Waals surface area contributed by atoms with E-state index in [1.54, 1.807) is 0 Å². The predicted octanol–water partition coefficient (Wildman–Crippen LogP) is 7.46. The maximum Gasteiger partial charge on any atom is 0.460 e. The Morgan fingerprint density at radius 3 is 1.56 bits per heavy atom. The number of carbonyl (C=O) groups is 2. The Morgan fingerprint density at radius 2 is 1.17 bits per heavy atom. The van der Waals surface area contributed by atoms with Gasteiger partial charge in [0.2, 0.25) is 0 Å². The van der Waals surface area contributed by atoms with Crippen LogP contribution < -0.4 is 0 Å². The van der Waals surface area contributed by atoms with E-state index >= 15 is 0 Å². The number of carbonyl (C=O) groups excluding carboxylic acids is 2. The van der Waals surface area contributed by atoms with Crippen molar-refractivity contribution >= 4 is 11.9 Å². The van der Waals surface area contributed by atoms with Gasteiger partial charge in [-0.15, -0.1) is 0 Å². The summed E-state index contributed by atoms with van der Waals surface area (Å²) >= 11 is 0. The third kappa shape index (κ3) is 8.99. The molecular weight excluding hydrogens is 603 g/mol. The number of ether oxygens (including phenoxy) is 3. The van der Waals surface area contributed by atoms with Gasteiger partial charge in [0.15, 0.2) is 0 Å². The minimum absolute atomic E-state index is 0.0152. The number of hydrogen-bond acceptors (Lipinski definition) is 5. The molecule has 1 saturated heterocycles. The molecule has 0 saturated carbocycles. The maximum atomic E-state index is 13.4. The van der Waals surface area contributed by atoms with Crippen LogP contribution >= 0.6 is 0 Å². The second kappa shape index (κ2) is 14.4. The topological polar surface area (TPSA) is 61.8 Å². The normalized spacial score (nSPS) is 18.7. The Labute approximate surface area is 227 Å². The van der Waals surface area contributed by atoms with Gasteiger partial charge in [-0.3, -0.25) is 9.59 Å². The molecule has 0 aromatic heterocycles. The third-order valence-corrected chi connectivity index (χ3v) is 6.12. The average Bonchev–Trinajstić information content (AvgIpc) is 3.39. The van der Waals surface area contributed by atoms with Crippen molar-refractivity contribution in [3.05, 3.63) is 0 Å².